The first-order valence-corrected chi connectivity index (χ1v) is 16.5. The molecular formula is C37H44F4O5. The van der Waals surface area contributed by atoms with Gasteiger partial charge in [-0.1, -0.05) is 95.5 Å². The maximum absolute atomic E-state index is 15.1. The van der Waals surface area contributed by atoms with Crippen LogP contribution in [0.15, 0.2) is 48.5 Å². The molecule has 46 heavy (non-hydrogen) atoms. The van der Waals surface area contributed by atoms with E-state index in [-0.39, 0.29) is 36.4 Å². The lowest BCUT2D eigenvalue weighted by Crippen LogP contribution is -2.38. The van der Waals surface area contributed by atoms with Gasteiger partial charge in [-0.15, -0.1) is 0 Å². The zero-order valence-corrected chi connectivity index (χ0v) is 26.7. The Balaban J connectivity index is 1.34. The highest BCUT2D eigenvalue weighted by molar-refractivity contribution is 5.90. The van der Waals surface area contributed by atoms with Crippen molar-refractivity contribution in [2.75, 3.05) is 19.8 Å². The molecule has 1 heterocycles. The first-order chi connectivity index (χ1) is 22.3. The Morgan fingerprint density at radius 2 is 1.22 bits per heavy atom. The lowest BCUT2D eigenvalue weighted by molar-refractivity contribution is -0.218. The summed E-state index contributed by atoms with van der Waals surface area (Å²) in [6, 6.07) is 11.2. The normalized spacial score (nSPS) is 16.4. The summed E-state index contributed by atoms with van der Waals surface area (Å²) in [5, 5.41) is 0. The van der Waals surface area contributed by atoms with Crippen LogP contribution in [0.25, 0.3) is 22.3 Å². The van der Waals surface area contributed by atoms with Gasteiger partial charge >= 0.3 is 5.97 Å². The molecule has 4 rings (SSSR count). The number of ether oxygens (including phenoxy) is 4. The van der Waals surface area contributed by atoms with Crippen LogP contribution < -0.4 is 4.74 Å². The Morgan fingerprint density at radius 1 is 0.674 bits per heavy atom. The minimum atomic E-state index is -1.35. The van der Waals surface area contributed by atoms with Crippen molar-refractivity contribution in [1.29, 1.82) is 0 Å². The fourth-order valence-electron chi connectivity index (χ4n) is 5.40. The number of carbonyl (C=O) groups is 1. The molecule has 3 aromatic carbocycles. The first-order valence-electron chi connectivity index (χ1n) is 16.5. The van der Waals surface area contributed by atoms with Gasteiger partial charge in [0.1, 0.15) is 6.10 Å². The van der Waals surface area contributed by atoms with Crippen molar-refractivity contribution in [2.24, 2.45) is 0 Å². The lowest BCUT2D eigenvalue weighted by atomic mass is 9.98. The minimum absolute atomic E-state index is 0.0139. The van der Waals surface area contributed by atoms with Crippen LogP contribution in [0.2, 0.25) is 0 Å². The number of hydrogen-bond acceptors (Lipinski definition) is 5. The molecule has 0 spiro atoms. The standard InChI is InChI=1S/C37H44F4O5/c1-3-5-7-8-9-10-12-22-43-31-21-20-29(34(39)36(31)41)26-16-14-25(15-17-26)28-18-19-30(35(40)33(28)38)37(42)46-27-23-44-32(45-24-27)13-11-6-4-2/h14-21,27,32H,3-13,22-24H2,1-2H3. The van der Waals surface area contributed by atoms with Gasteiger partial charge in [0.05, 0.1) is 25.4 Å². The van der Waals surface area contributed by atoms with Crippen LogP contribution in [0.3, 0.4) is 0 Å². The molecule has 3 aromatic rings. The molecule has 250 valence electrons. The second-order valence-electron chi connectivity index (χ2n) is 11.7. The SMILES string of the molecule is CCCCCCCCCOc1ccc(-c2ccc(-c3ccc(C(=O)OC4COC(CCCCC)OC4)c(F)c3F)cc2)c(F)c1F. The lowest BCUT2D eigenvalue weighted by Gasteiger charge is -2.29. The van der Waals surface area contributed by atoms with Crippen LogP contribution >= 0.6 is 0 Å². The second kappa shape index (κ2) is 18.0. The second-order valence-corrected chi connectivity index (χ2v) is 11.7. The molecule has 0 aromatic heterocycles. The Morgan fingerprint density at radius 3 is 1.85 bits per heavy atom. The van der Waals surface area contributed by atoms with Crippen LogP contribution in [0, 0.1) is 23.3 Å². The van der Waals surface area contributed by atoms with Gasteiger partial charge < -0.3 is 18.9 Å². The number of rotatable bonds is 17. The van der Waals surface area contributed by atoms with E-state index in [1.54, 1.807) is 0 Å². The Hall–Kier alpha value is -3.43. The first kappa shape index (κ1) is 35.4. The molecule has 0 radical (unpaired) electrons. The topological polar surface area (TPSA) is 54.0 Å². The summed E-state index contributed by atoms with van der Waals surface area (Å²) in [7, 11) is 0. The van der Waals surface area contributed by atoms with E-state index in [4.69, 9.17) is 18.9 Å². The van der Waals surface area contributed by atoms with Gasteiger partial charge in [0.15, 0.2) is 29.5 Å². The molecule has 1 aliphatic rings. The number of benzene rings is 3. The molecule has 0 amide bonds. The van der Waals surface area contributed by atoms with Crippen molar-refractivity contribution in [2.45, 2.75) is 96.9 Å². The largest absolute Gasteiger partial charge is 0.490 e. The van der Waals surface area contributed by atoms with E-state index in [0.29, 0.717) is 17.7 Å². The van der Waals surface area contributed by atoms with Gasteiger partial charge in [0.2, 0.25) is 5.82 Å². The van der Waals surface area contributed by atoms with Crippen LogP contribution in [-0.4, -0.2) is 38.2 Å². The van der Waals surface area contributed by atoms with Crippen molar-refractivity contribution in [3.05, 3.63) is 77.4 Å². The van der Waals surface area contributed by atoms with E-state index in [2.05, 4.69) is 13.8 Å². The fraction of sp³-hybridized carbons (Fsp3) is 0.486. The maximum atomic E-state index is 15.1. The highest BCUT2D eigenvalue weighted by Gasteiger charge is 2.28. The van der Waals surface area contributed by atoms with E-state index >= 15 is 8.78 Å². The number of carbonyl (C=O) groups excluding carboxylic acids is 1. The molecule has 1 fully saturated rings. The van der Waals surface area contributed by atoms with Crippen LogP contribution in [0.1, 0.15) is 94.8 Å². The summed E-state index contributed by atoms with van der Waals surface area (Å²) in [6.07, 6.45) is 10.4. The molecular weight excluding hydrogens is 600 g/mol. The number of halogens is 4. The summed E-state index contributed by atoms with van der Waals surface area (Å²) in [5.74, 6) is -5.86. The summed E-state index contributed by atoms with van der Waals surface area (Å²) in [5.41, 5.74) is 0.0126. The quantitative estimate of drug-likeness (QED) is 0.0832. The van der Waals surface area contributed by atoms with Gasteiger partial charge in [-0.05, 0) is 48.6 Å². The summed E-state index contributed by atoms with van der Waals surface area (Å²) < 4.78 is 81.9. The molecule has 1 saturated heterocycles. The molecule has 0 N–H and O–H groups in total. The third-order valence-corrected chi connectivity index (χ3v) is 8.11. The predicted octanol–water partition coefficient (Wildman–Crippen LogP) is 10.2. The van der Waals surface area contributed by atoms with Gasteiger partial charge in [-0.25, -0.2) is 18.0 Å². The predicted molar refractivity (Wildman–Crippen MR) is 170 cm³/mol. The number of hydrogen-bond donors (Lipinski definition) is 0. The highest BCUT2D eigenvalue weighted by atomic mass is 19.2. The third-order valence-electron chi connectivity index (χ3n) is 8.11. The van der Waals surface area contributed by atoms with Crippen molar-refractivity contribution in [3.8, 4) is 28.0 Å². The van der Waals surface area contributed by atoms with E-state index in [9.17, 15) is 13.6 Å². The Bertz CT molecular complexity index is 1400. The average molecular weight is 645 g/mol. The third kappa shape index (κ3) is 9.55. The number of unbranched alkanes of at least 4 members (excludes halogenated alkanes) is 8. The average Bonchev–Trinajstić information content (AvgIpc) is 3.06. The summed E-state index contributed by atoms with van der Waals surface area (Å²) >= 11 is 0. The molecule has 0 saturated carbocycles. The highest BCUT2D eigenvalue weighted by Crippen LogP contribution is 2.33. The molecule has 0 unspecified atom stereocenters. The number of esters is 1. The zero-order valence-electron chi connectivity index (χ0n) is 26.7. The molecule has 0 bridgehead atoms. The van der Waals surface area contributed by atoms with Crippen LogP contribution in [0.4, 0.5) is 17.6 Å². The van der Waals surface area contributed by atoms with E-state index in [1.807, 2.05) is 0 Å². The van der Waals surface area contributed by atoms with Crippen molar-refractivity contribution >= 4 is 5.97 Å². The van der Waals surface area contributed by atoms with Crippen molar-refractivity contribution in [1.82, 2.24) is 0 Å². The molecule has 5 nitrogen and oxygen atoms in total. The Labute approximate surface area is 269 Å². The minimum Gasteiger partial charge on any atom is -0.490 e. The van der Waals surface area contributed by atoms with Crippen molar-refractivity contribution < 1.29 is 41.3 Å². The summed E-state index contributed by atoms with van der Waals surface area (Å²) in [6.45, 7) is 4.79. The maximum Gasteiger partial charge on any atom is 0.341 e. The summed E-state index contributed by atoms with van der Waals surface area (Å²) in [4.78, 5) is 12.6. The monoisotopic (exact) mass is 644 g/mol. The van der Waals surface area contributed by atoms with Gasteiger partial charge in [0.25, 0.3) is 0 Å². The van der Waals surface area contributed by atoms with Crippen molar-refractivity contribution in [3.63, 3.8) is 0 Å². The smallest absolute Gasteiger partial charge is 0.341 e. The molecule has 9 heteroatoms. The van der Waals surface area contributed by atoms with Gasteiger partial charge in [-0.2, -0.15) is 4.39 Å². The molecule has 0 aliphatic carbocycles. The van der Waals surface area contributed by atoms with E-state index in [1.165, 1.54) is 61.7 Å². The van der Waals surface area contributed by atoms with Gasteiger partial charge in [-0.3, -0.25) is 0 Å². The zero-order chi connectivity index (χ0) is 32.9. The van der Waals surface area contributed by atoms with Crippen LogP contribution in [0.5, 0.6) is 5.75 Å². The van der Waals surface area contributed by atoms with Gasteiger partial charge in [0, 0.05) is 11.1 Å². The van der Waals surface area contributed by atoms with E-state index < -0.39 is 40.9 Å². The van der Waals surface area contributed by atoms with E-state index in [0.717, 1.165) is 57.4 Å². The Kier molecular flexibility index (Phi) is 13.9. The molecule has 0 atom stereocenters. The fourth-order valence-corrected chi connectivity index (χ4v) is 5.40. The van der Waals surface area contributed by atoms with Crippen LogP contribution in [-0.2, 0) is 14.2 Å². The molecule has 1 aliphatic heterocycles.